The molecular formula is C18H26N2O5S. The van der Waals surface area contributed by atoms with Gasteiger partial charge in [0.05, 0.1) is 12.0 Å². The van der Waals surface area contributed by atoms with Gasteiger partial charge in [0, 0.05) is 19.0 Å². The van der Waals surface area contributed by atoms with E-state index in [1.807, 2.05) is 13.8 Å². The van der Waals surface area contributed by atoms with Crippen LogP contribution in [0.5, 0.6) is 0 Å². The number of ether oxygens (including phenoxy) is 1. The Morgan fingerprint density at radius 2 is 1.73 bits per heavy atom. The van der Waals surface area contributed by atoms with E-state index in [-0.39, 0.29) is 35.7 Å². The fraction of sp³-hybridized carbons (Fsp3) is 0.556. The Balaban J connectivity index is 1.97. The molecule has 7 nitrogen and oxygen atoms in total. The molecule has 0 aliphatic carbocycles. The van der Waals surface area contributed by atoms with E-state index in [0.717, 1.165) is 0 Å². The zero-order chi connectivity index (χ0) is 19.3. The van der Waals surface area contributed by atoms with Crippen molar-refractivity contribution in [2.24, 2.45) is 11.8 Å². The van der Waals surface area contributed by atoms with Crippen molar-refractivity contribution in [2.75, 3.05) is 20.2 Å². The number of benzene rings is 1. The van der Waals surface area contributed by atoms with Crippen LogP contribution in [-0.2, 0) is 24.3 Å². The monoisotopic (exact) mass is 382 g/mol. The quantitative estimate of drug-likeness (QED) is 0.751. The Kier molecular flexibility index (Phi) is 6.77. The Bertz CT molecular complexity index is 725. The SMILES string of the molecule is COC(=O)[C@@H](NC(=O)C1CCN(S(=O)(=O)c2ccccc2)CC1)C(C)C. The summed E-state index contributed by atoms with van der Waals surface area (Å²) in [6.07, 6.45) is 0.841. The van der Waals surface area contributed by atoms with Crippen molar-refractivity contribution < 1.29 is 22.7 Å². The highest BCUT2D eigenvalue weighted by Gasteiger charge is 2.34. The molecule has 0 saturated carbocycles. The first-order valence-electron chi connectivity index (χ1n) is 8.70. The number of hydrogen-bond acceptors (Lipinski definition) is 5. The number of nitrogens with zero attached hydrogens (tertiary/aromatic N) is 1. The minimum absolute atomic E-state index is 0.0926. The molecule has 1 fully saturated rings. The molecule has 1 aromatic carbocycles. The number of carbonyl (C=O) groups is 2. The summed E-state index contributed by atoms with van der Waals surface area (Å²) in [6.45, 7) is 4.22. The molecule has 1 saturated heterocycles. The second kappa shape index (κ2) is 8.64. The summed E-state index contributed by atoms with van der Waals surface area (Å²) in [5, 5.41) is 2.74. The normalized spacial score (nSPS) is 17.7. The van der Waals surface area contributed by atoms with Crippen LogP contribution < -0.4 is 5.32 Å². The molecule has 0 radical (unpaired) electrons. The maximum absolute atomic E-state index is 12.6. The van der Waals surface area contributed by atoms with Crippen LogP contribution >= 0.6 is 0 Å². The molecule has 1 atom stereocenters. The van der Waals surface area contributed by atoms with Gasteiger partial charge in [-0.2, -0.15) is 4.31 Å². The van der Waals surface area contributed by atoms with Gasteiger partial charge in [-0.3, -0.25) is 4.79 Å². The van der Waals surface area contributed by atoms with Gasteiger partial charge in [-0.1, -0.05) is 32.0 Å². The molecule has 1 amide bonds. The van der Waals surface area contributed by atoms with Crippen molar-refractivity contribution in [1.82, 2.24) is 9.62 Å². The minimum atomic E-state index is -3.54. The summed E-state index contributed by atoms with van der Waals surface area (Å²) in [5.41, 5.74) is 0. The fourth-order valence-electron chi connectivity index (χ4n) is 3.00. The molecule has 0 unspecified atom stereocenters. The number of carbonyl (C=O) groups excluding carboxylic acids is 2. The van der Waals surface area contributed by atoms with E-state index in [1.165, 1.54) is 11.4 Å². The minimum Gasteiger partial charge on any atom is -0.467 e. The molecule has 144 valence electrons. The first kappa shape index (κ1) is 20.4. The lowest BCUT2D eigenvalue weighted by Gasteiger charge is -2.31. The van der Waals surface area contributed by atoms with E-state index in [2.05, 4.69) is 5.32 Å². The molecule has 1 aliphatic rings. The molecule has 1 N–H and O–H groups in total. The third-order valence-electron chi connectivity index (χ3n) is 4.63. The van der Waals surface area contributed by atoms with Gasteiger partial charge in [0.1, 0.15) is 6.04 Å². The third kappa shape index (κ3) is 4.62. The number of rotatable bonds is 6. The van der Waals surface area contributed by atoms with E-state index >= 15 is 0 Å². The van der Waals surface area contributed by atoms with E-state index in [1.54, 1.807) is 30.3 Å². The summed E-state index contributed by atoms with van der Waals surface area (Å²) in [7, 11) is -2.25. The smallest absolute Gasteiger partial charge is 0.328 e. The van der Waals surface area contributed by atoms with Crippen LogP contribution in [0.15, 0.2) is 35.2 Å². The van der Waals surface area contributed by atoms with E-state index in [9.17, 15) is 18.0 Å². The predicted molar refractivity (Wildman–Crippen MR) is 96.7 cm³/mol. The summed E-state index contributed by atoms with van der Waals surface area (Å²) < 4.78 is 31.4. The molecule has 1 heterocycles. The summed E-state index contributed by atoms with van der Waals surface area (Å²) in [6, 6.07) is 7.58. The van der Waals surface area contributed by atoms with E-state index in [4.69, 9.17) is 4.74 Å². The highest BCUT2D eigenvalue weighted by molar-refractivity contribution is 7.89. The van der Waals surface area contributed by atoms with E-state index < -0.39 is 22.0 Å². The van der Waals surface area contributed by atoms with Gasteiger partial charge in [0.15, 0.2) is 0 Å². The maximum Gasteiger partial charge on any atom is 0.328 e. The number of hydrogen-bond donors (Lipinski definition) is 1. The molecule has 0 aromatic heterocycles. The van der Waals surface area contributed by atoms with Crippen molar-refractivity contribution >= 4 is 21.9 Å². The Labute approximate surface area is 154 Å². The Hall–Kier alpha value is -1.93. The summed E-state index contributed by atoms with van der Waals surface area (Å²) >= 11 is 0. The standard InChI is InChI=1S/C18H26N2O5S/c1-13(2)16(18(22)25-3)19-17(21)14-9-11-20(12-10-14)26(23,24)15-7-5-4-6-8-15/h4-8,13-14,16H,9-12H2,1-3H3,(H,19,21)/t16-/m0/s1. The molecule has 26 heavy (non-hydrogen) atoms. The molecular weight excluding hydrogens is 356 g/mol. The van der Waals surface area contributed by atoms with Gasteiger partial charge in [0.25, 0.3) is 0 Å². The van der Waals surface area contributed by atoms with Crippen LogP contribution in [0.1, 0.15) is 26.7 Å². The second-order valence-electron chi connectivity index (χ2n) is 6.74. The van der Waals surface area contributed by atoms with Gasteiger partial charge < -0.3 is 10.1 Å². The topological polar surface area (TPSA) is 92.8 Å². The molecule has 8 heteroatoms. The van der Waals surface area contributed by atoms with Gasteiger partial charge in [0.2, 0.25) is 15.9 Å². The first-order chi connectivity index (χ1) is 12.3. The van der Waals surface area contributed by atoms with Gasteiger partial charge in [-0.15, -0.1) is 0 Å². The highest BCUT2D eigenvalue weighted by Crippen LogP contribution is 2.24. The van der Waals surface area contributed by atoms with Crippen molar-refractivity contribution in [3.05, 3.63) is 30.3 Å². The summed E-state index contributed by atoms with van der Waals surface area (Å²) in [4.78, 5) is 24.5. The third-order valence-corrected chi connectivity index (χ3v) is 6.54. The number of nitrogens with one attached hydrogen (secondary N) is 1. The van der Waals surface area contributed by atoms with Crippen LogP contribution in [-0.4, -0.2) is 50.8 Å². The zero-order valence-corrected chi connectivity index (χ0v) is 16.2. The van der Waals surface area contributed by atoms with Crippen molar-refractivity contribution in [3.8, 4) is 0 Å². The van der Waals surface area contributed by atoms with Crippen molar-refractivity contribution in [2.45, 2.75) is 37.6 Å². The number of piperidine rings is 1. The largest absolute Gasteiger partial charge is 0.467 e. The van der Waals surface area contributed by atoms with Gasteiger partial charge in [-0.05, 0) is 30.9 Å². The predicted octanol–water partition coefficient (Wildman–Crippen LogP) is 1.40. The molecule has 1 aliphatic heterocycles. The fourth-order valence-corrected chi connectivity index (χ4v) is 4.49. The van der Waals surface area contributed by atoms with Gasteiger partial charge >= 0.3 is 5.97 Å². The first-order valence-corrected chi connectivity index (χ1v) is 10.1. The Morgan fingerprint density at radius 3 is 2.23 bits per heavy atom. The lowest BCUT2D eigenvalue weighted by molar-refractivity contribution is -0.147. The lowest BCUT2D eigenvalue weighted by Crippen LogP contribution is -2.49. The van der Waals surface area contributed by atoms with Crippen LogP contribution in [0.4, 0.5) is 0 Å². The number of methoxy groups -OCH3 is 1. The van der Waals surface area contributed by atoms with Crippen LogP contribution in [0.3, 0.4) is 0 Å². The zero-order valence-electron chi connectivity index (χ0n) is 15.3. The van der Waals surface area contributed by atoms with Gasteiger partial charge in [-0.25, -0.2) is 13.2 Å². The molecule has 1 aromatic rings. The Morgan fingerprint density at radius 1 is 1.15 bits per heavy atom. The summed E-state index contributed by atoms with van der Waals surface area (Å²) in [5.74, 6) is -1.11. The van der Waals surface area contributed by atoms with Crippen LogP contribution in [0.2, 0.25) is 0 Å². The van der Waals surface area contributed by atoms with Crippen molar-refractivity contribution in [1.29, 1.82) is 0 Å². The molecule has 0 bridgehead atoms. The highest BCUT2D eigenvalue weighted by atomic mass is 32.2. The molecule has 0 spiro atoms. The van der Waals surface area contributed by atoms with E-state index in [0.29, 0.717) is 12.8 Å². The number of esters is 1. The average Bonchev–Trinajstić information content (AvgIpc) is 2.65. The number of sulfonamides is 1. The van der Waals surface area contributed by atoms with Crippen LogP contribution in [0, 0.1) is 11.8 Å². The molecule has 2 rings (SSSR count). The lowest BCUT2D eigenvalue weighted by atomic mass is 9.95. The second-order valence-corrected chi connectivity index (χ2v) is 8.68. The average molecular weight is 382 g/mol. The maximum atomic E-state index is 12.6. The number of amides is 1. The van der Waals surface area contributed by atoms with Crippen LogP contribution in [0.25, 0.3) is 0 Å². The van der Waals surface area contributed by atoms with Crippen molar-refractivity contribution in [3.63, 3.8) is 0 Å².